The summed E-state index contributed by atoms with van der Waals surface area (Å²) in [6.07, 6.45) is 1.74. The van der Waals surface area contributed by atoms with E-state index in [9.17, 15) is 14.4 Å². The van der Waals surface area contributed by atoms with Gasteiger partial charge in [0.2, 0.25) is 0 Å². The standard InChI is InChI=1S/C27H28N2O5/c1-26(2)18-11-7-9-13-20(18)28(24(31)33-5)22(26)15-17(30)16-23-27(3,4)19-12-8-10-14-21(19)29(23)25(32)34-6/h7-16H,1-6H3/b22-15-,23-16+. The number of para-hydroxylation sites is 2. The van der Waals surface area contributed by atoms with Crippen LogP contribution in [0.5, 0.6) is 0 Å². The summed E-state index contributed by atoms with van der Waals surface area (Å²) in [6, 6.07) is 15.0. The monoisotopic (exact) mass is 460 g/mol. The van der Waals surface area contributed by atoms with Crippen LogP contribution in [0.15, 0.2) is 72.1 Å². The lowest BCUT2D eigenvalue weighted by molar-refractivity contribution is -0.110. The minimum atomic E-state index is -0.616. The fourth-order valence-electron chi connectivity index (χ4n) is 4.87. The lowest BCUT2D eigenvalue weighted by Crippen LogP contribution is -2.33. The zero-order valence-corrected chi connectivity index (χ0v) is 20.2. The molecule has 2 heterocycles. The first-order valence-electron chi connectivity index (χ1n) is 11.0. The van der Waals surface area contributed by atoms with Gasteiger partial charge >= 0.3 is 12.2 Å². The average molecular weight is 461 g/mol. The first kappa shape index (κ1) is 23.3. The van der Waals surface area contributed by atoms with E-state index >= 15 is 0 Å². The topological polar surface area (TPSA) is 76.2 Å². The van der Waals surface area contributed by atoms with Crippen LogP contribution in [0.1, 0.15) is 38.8 Å². The summed E-state index contributed by atoms with van der Waals surface area (Å²) in [6.45, 7) is 7.82. The summed E-state index contributed by atoms with van der Waals surface area (Å²) in [7, 11) is 2.62. The first-order chi connectivity index (χ1) is 16.1. The summed E-state index contributed by atoms with van der Waals surface area (Å²) >= 11 is 0. The Balaban J connectivity index is 1.83. The quantitative estimate of drug-likeness (QED) is 0.557. The predicted octanol–water partition coefficient (Wildman–Crippen LogP) is 5.45. The fourth-order valence-corrected chi connectivity index (χ4v) is 4.87. The summed E-state index contributed by atoms with van der Waals surface area (Å²) < 4.78 is 10.0. The van der Waals surface area contributed by atoms with Crippen LogP contribution in [0.3, 0.4) is 0 Å². The molecule has 2 aromatic rings. The lowest BCUT2D eigenvalue weighted by Gasteiger charge is -2.26. The Morgan fingerprint density at radius 1 is 0.676 bits per heavy atom. The number of amides is 2. The second-order valence-electron chi connectivity index (χ2n) is 9.36. The highest BCUT2D eigenvalue weighted by molar-refractivity contribution is 6.07. The van der Waals surface area contributed by atoms with Crippen molar-refractivity contribution < 1.29 is 23.9 Å². The molecular weight excluding hydrogens is 432 g/mol. The van der Waals surface area contributed by atoms with Crippen molar-refractivity contribution in [3.8, 4) is 0 Å². The minimum absolute atomic E-state index is 0.352. The van der Waals surface area contributed by atoms with E-state index < -0.39 is 23.0 Å². The van der Waals surface area contributed by atoms with Crippen LogP contribution in [-0.2, 0) is 25.1 Å². The molecule has 7 nitrogen and oxygen atoms in total. The van der Waals surface area contributed by atoms with Crippen molar-refractivity contribution in [2.45, 2.75) is 38.5 Å². The molecule has 0 radical (unpaired) electrons. The van der Waals surface area contributed by atoms with Crippen LogP contribution in [0, 0.1) is 0 Å². The van der Waals surface area contributed by atoms with Crippen LogP contribution in [-0.4, -0.2) is 32.2 Å². The van der Waals surface area contributed by atoms with Crippen LogP contribution in [0.2, 0.25) is 0 Å². The highest BCUT2D eigenvalue weighted by Crippen LogP contribution is 2.49. The van der Waals surface area contributed by atoms with Gasteiger partial charge < -0.3 is 9.47 Å². The summed E-state index contributed by atoms with van der Waals surface area (Å²) in [5.41, 5.74) is 2.95. The molecule has 4 rings (SSSR count). The molecule has 0 atom stereocenters. The van der Waals surface area contributed by atoms with Gasteiger partial charge in [-0.05, 0) is 23.3 Å². The molecule has 34 heavy (non-hydrogen) atoms. The molecule has 0 fully saturated rings. The van der Waals surface area contributed by atoms with E-state index in [2.05, 4.69) is 0 Å². The minimum Gasteiger partial charge on any atom is -0.452 e. The van der Waals surface area contributed by atoms with E-state index in [1.165, 1.54) is 36.2 Å². The number of methoxy groups -OCH3 is 2. The Morgan fingerprint density at radius 2 is 1.03 bits per heavy atom. The van der Waals surface area contributed by atoms with Gasteiger partial charge in [0.25, 0.3) is 0 Å². The molecule has 2 aromatic carbocycles. The van der Waals surface area contributed by atoms with Gasteiger partial charge in [0.15, 0.2) is 5.78 Å². The van der Waals surface area contributed by atoms with Gasteiger partial charge in [0.1, 0.15) is 0 Å². The van der Waals surface area contributed by atoms with Crippen LogP contribution >= 0.6 is 0 Å². The number of ketones is 1. The molecule has 0 bridgehead atoms. The van der Waals surface area contributed by atoms with Gasteiger partial charge in [-0.25, -0.2) is 19.4 Å². The number of fused-ring (bicyclic) bond motifs is 2. The number of carbonyl (C=O) groups excluding carboxylic acids is 3. The number of anilines is 2. The van der Waals surface area contributed by atoms with E-state index in [1.54, 1.807) is 0 Å². The van der Waals surface area contributed by atoms with Gasteiger partial charge in [-0.15, -0.1) is 0 Å². The zero-order valence-electron chi connectivity index (χ0n) is 20.2. The Hall–Kier alpha value is -3.87. The number of carbonyl (C=O) groups is 3. The van der Waals surface area contributed by atoms with E-state index in [-0.39, 0.29) is 5.78 Å². The molecule has 176 valence electrons. The molecule has 0 unspecified atom stereocenters. The molecule has 0 aromatic heterocycles. The maximum atomic E-state index is 13.4. The molecule has 2 amide bonds. The molecule has 0 N–H and O–H groups in total. The summed E-state index contributed by atoms with van der Waals surface area (Å²) in [4.78, 5) is 41.7. The van der Waals surface area contributed by atoms with E-state index in [0.717, 1.165) is 11.1 Å². The highest BCUT2D eigenvalue weighted by Gasteiger charge is 2.45. The van der Waals surface area contributed by atoms with E-state index in [4.69, 9.17) is 9.47 Å². The number of hydrogen-bond donors (Lipinski definition) is 0. The van der Waals surface area contributed by atoms with Crippen LogP contribution in [0.25, 0.3) is 0 Å². The number of nitrogens with zero attached hydrogens (tertiary/aromatic N) is 2. The number of rotatable bonds is 2. The Bertz CT molecular complexity index is 1160. The first-order valence-corrected chi connectivity index (χ1v) is 11.0. The van der Waals surface area contributed by atoms with Crippen molar-refractivity contribution in [3.63, 3.8) is 0 Å². The average Bonchev–Trinajstić information content (AvgIpc) is 3.17. The number of benzene rings is 2. The Labute approximate surface area is 199 Å². The van der Waals surface area contributed by atoms with Crippen LogP contribution in [0.4, 0.5) is 21.0 Å². The van der Waals surface area contributed by atoms with Crippen molar-refractivity contribution >= 4 is 29.3 Å². The molecule has 2 aliphatic heterocycles. The highest BCUT2D eigenvalue weighted by atomic mass is 16.5. The zero-order chi connectivity index (χ0) is 24.8. The third-order valence-corrected chi connectivity index (χ3v) is 6.67. The number of allylic oxidation sites excluding steroid dienone is 4. The number of hydrogen-bond acceptors (Lipinski definition) is 5. The van der Waals surface area contributed by atoms with Crippen molar-refractivity contribution in [1.82, 2.24) is 0 Å². The third-order valence-electron chi connectivity index (χ3n) is 6.67. The molecule has 0 saturated carbocycles. The van der Waals surface area contributed by atoms with Crippen molar-refractivity contribution in [2.24, 2.45) is 0 Å². The summed E-state index contributed by atoms with van der Waals surface area (Å²) in [5, 5.41) is 0. The van der Waals surface area contributed by atoms with Gasteiger partial charge in [-0.2, -0.15) is 0 Å². The normalized spacial score (nSPS) is 19.7. The van der Waals surface area contributed by atoms with E-state index in [0.29, 0.717) is 22.8 Å². The largest absolute Gasteiger partial charge is 0.452 e. The van der Waals surface area contributed by atoms with Crippen molar-refractivity contribution in [2.75, 3.05) is 24.0 Å². The van der Waals surface area contributed by atoms with Gasteiger partial charge in [0.05, 0.1) is 25.6 Å². The van der Waals surface area contributed by atoms with Crippen molar-refractivity contribution in [3.05, 3.63) is 83.2 Å². The second kappa shape index (κ2) is 8.17. The maximum Gasteiger partial charge on any atom is 0.418 e. The maximum absolute atomic E-state index is 13.4. The SMILES string of the molecule is COC(=O)N1/C(=C\C(=O)/C=C2/N(C(=O)OC)c3ccccc3C2(C)C)C(C)(C)c2ccccc21. The molecule has 7 heteroatoms. The lowest BCUT2D eigenvalue weighted by atomic mass is 9.82. The molecule has 2 aliphatic rings. The predicted molar refractivity (Wildman–Crippen MR) is 130 cm³/mol. The molecular formula is C27H28N2O5. The van der Waals surface area contributed by atoms with Crippen LogP contribution < -0.4 is 9.80 Å². The third kappa shape index (κ3) is 3.39. The molecule has 0 saturated heterocycles. The fraction of sp³-hybridized carbons (Fsp3) is 0.296. The Kier molecular flexibility index (Phi) is 5.59. The smallest absolute Gasteiger partial charge is 0.418 e. The molecule has 0 spiro atoms. The molecule has 0 aliphatic carbocycles. The number of ether oxygens (including phenoxy) is 2. The van der Waals surface area contributed by atoms with Gasteiger partial charge in [0, 0.05) is 34.4 Å². The van der Waals surface area contributed by atoms with E-state index in [1.807, 2.05) is 76.2 Å². The van der Waals surface area contributed by atoms with Gasteiger partial charge in [-0.1, -0.05) is 64.1 Å². The summed E-state index contributed by atoms with van der Waals surface area (Å²) in [5.74, 6) is -0.352. The second-order valence-corrected chi connectivity index (χ2v) is 9.36. The Morgan fingerprint density at radius 3 is 1.38 bits per heavy atom. The van der Waals surface area contributed by atoms with Crippen molar-refractivity contribution in [1.29, 1.82) is 0 Å². The van der Waals surface area contributed by atoms with Gasteiger partial charge in [-0.3, -0.25) is 4.79 Å².